The molecule has 0 radical (unpaired) electrons. The predicted molar refractivity (Wildman–Crippen MR) is 75.3 cm³/mol. The average Bonchev–Trinajstić information content (AvgIpc) is 2.92. The largest absolute Gasteiger partial charge is 0.360 e. The lowest BCUT2D eigenvalue weighted by Crippen LogP contribution is -2.45. The highest BCUT2D eigenvalue weighted by atomic mass is 16.5. The molecule has 1 atom stereocenters. The third-order valence-corrected chi connectivity index (χ3v) is 3.55. The maximum Gasteiger partial charge on any atom is 0.151 e. The molecule has 1 unspecified atom stereocenters. The van der Waals surface area contributed by atoms with Crippen LogP contribution in [0.5, 0.6) is 0 Å². The molecule has 20 heavy (non-hydrogen) atoms. The molecule has 6 heteroatoms. The van der Waals surface area contributed by atoms with E-state index in [2.05, 4.69) is 25.6 Å². The Morgan fingerprint density at radius 3 is 3.20 bits per heavy atom. The molecule has 0 amide bonds. The summed E-state index contributed by atoms with van der Waals surface area (Å²) in [6.07, 6.45) is 4.03. The van der Waals surface area contributed by atoms with Gasteiger partial charge in [0.25, 0.3) is 0 Å². The molecule has 0 bridgehead atoms. The van der Waals surface area contributed by atoms with Crippen LogP contribution in [0.2, 0.25) is 0 Å². The van der Waals surface area contributed by atoms with Crippen molar-refractivity contribution in [2.45, 2.75) is 32.4 Å². The van der Waals surface area contributed by atoms with Crippen LogP contribution >= 0.6 is 0 Å². The number of nitrogens with zero attached hydrogens (tertiary/aromatic N) is 4. The lowest BCUT2D eigenvalue weighted by Gasteiger charge is -2.33. The molecule has 3 rings (SSSR count). The highest BCUT2D eigenvalue weighted by molar-refractivity contribution is 5.37. The number of hydrogen-bond donors (Lipinski definition) is 1. The molecule has 0 aromatic carbocycles. The van der Waals surface area contributed by atoms with Crippen LogP contribution in [0.3, 0.4) is 0 Å². The van der Waals surface area contributed by atoms with Crippen LogP contribution in [0, 0.1) is 6.92 Å². The number of hydrogen-bond acceptors (Lipinski definition) is 6. The van der Waals surface area contributed by atoms with Crippen molar-refractivity contribution >= 4 is 5.82 Å². The molecule has 0 saturated carbocycles. The van der Waals surface area contributed by atoms with Crippen molar-refractivity contribution in [2.75, 3.05) is 18.0 Å². The van der Waals surface area contributed by atoms with Crippen molar-refractivity contribution in [3.05, 3.63) is 35.9 Å². The molecule has 2 aromatic rings. The minimum absolute atomic E-state index is 0.441. The summed E-state index contributed by atoms with van der Waals surface area (Å²) in [4.78, 5) is 2.28. The van der Waals surface area contributed by atoms with Gasteiger partial charge in [-0.15, -0.1) is 5.10 Å². The predicted octanol–water partition coefficient (Wildman–Crippen LogP) is 1.53. The van der Waals surface area contributed by atoms with Crippen LogP contribution in [0.4, 0.5) is 5.82 Å². The van der Waals surface area contributed by atoms with Gasteiger partial charge in [-0.25, -0.2) is 0 Å². The Labute approximate surface area is 118 Å². The lowest BCUT2D eigenvalue weighted by atomic mass is 10.1. The minimum atomic E-state index is 0.441. The Balaban J connectivity index is 1.55. The highest BCUT2D eigenvalue weighted by Crippen LogP contribution is 2.17. The van der Waals surface area contributed by atoms with Crippen molar-refractivity contribution in [2.24, 2.45) is 0 Å². The third-order valence-electron chi connectivity index (χ3n) is 3.55. The molecular weight excluding hydrogens is 254 g/mol. The van der Waals surface area contributed by atoms with Gasteiger partial charge >= 0.3 is 0 Å². The van der Waals surface area contributed by atoms with Gasteiger partial charge in [-0.3, -0.25) is 0 Å². The van der Waals surface area contributed by atoms with Gasteiger partial charge in [0.2, 0.25) is 0 Å². The first-order valence-corrected chi connectivity index (χ1v) is 6.99. The average molecular weight is 273 g/mol. The molecule has 1 fully saturated rings. The number of aromatic nitrogens is 3. The fourth-order valence-corrected chi connectivity index (χ4v) is 2.56. The van der Waals surface area contributed by atoms with E-state index in [0.717, 1.165) is 43.3 Å². The number of rotatable bonds is 4. The number of nitrogens with one attached hydrogen (secondary N) is 1. The Morgan fingerprint density at radius 1 is 1.50 bits per heavy atom. The summed E-state index contributed by atoms with van der Waals surface area (Å²) >= 11 is 0. The summed E-state index contributed by atoms with van der Waals surface area (Å²) in [7, 11) is 0. The molecule has 0 spiro atoms. The molecule has 1 aliphatic rings. The molecule has 6 nitrogen and oxygen atoms in total. The first-order valence-electron chi connectivity index (χ1n) is 6.99. The molecule has 1 saturated heterocycles. The van der Waals surface area contributed by atoms with Gasteiger partial charge < -0.3 is 14.7 Å². The van der Waals surface area contributed by atoms with E-state index in [0.29, 0.717) is 6.04 Å². The van der Waals surface area contributed by atoms with Crippen LogP contribution in [-0.4, -0.2) is 34.5 Å². The lowest BCUT2D eigenvalue weighted by molar-refractivity contribution is 0.347. The maximum absolute atomic E-state index is 5.22. The maximum atomic E-state index is 5.22. The van der Waals surface area contributed by atoms with Crippen molar-refractivity contribution in [1.82, 2.24) is 20.7 Å². The van der Waals surface area contributed by atoms with Gasteiger partial charge in [-0.2, -0.15) is 5.10 Å². The molecule has 3 heterocycles. The summed E-state index contributed by atoms with van der Waals surface area (Å²) in [5.74, 6) is 1.84. The molecule has 106 valence electrons. The normalized spacial score (nSPS) is 19.2. The second-order valence-electron chi connectivity index (χ2n) is 5.18. The zero-order valence-corrected chi connectivity index (χ0v) is 11.6. The SMILES string of the molecule is Cc1cc(CNC2CCCN(c3cccnn3)C2)on1. The quantitative estimate of drug-likeness (QED) is 0.911. The van der Waals surface area contributed by atoms with Gasteiger partial charge in [0.15, 0.2) is 11.6 Å². The van der Waals surface area contributed by atoms with Crippen LogP contribution in [0.25, 0.3) is 0 Å². The summed E-state index contributed by atoms with van der Waals surface area (Å²) in [6, 6.07) is 6.35. The topological polar surface area (TPSA) is 67.1 Å². The van der Waals surface area contributed by atoms with Gasteiger partial charge in [0.1, 0.15) is 0 Å². The molecule has 0 aliphatic carbocycles. The van der Waals surface area contributed by atoms with Crippen molar-refractivity contribution < 1.29 is 4.52 Å². The Bertz CT molecular complexity index is 542. The molecular formula is C14H19N5O. The second kappa shape index (κ2) is 6.00. The third kappa shape index (κ3) is 3.14. The van der Waals surface area contributed by atoms with E-state index >= 15 is 0 Å². The van der Waals surface area contributed by atoms with Crippen LogP contribution in [-0.2, 0) is 6.54 Å². The summed E-state index contributed by atoms with van der Waals surface area (Å²) in [6.45, 7) is 4.65. The minimum Gasteiger partial charge on any atom is -0.360 e. The highest BCUT2D eigenvalue weighted by Gasteiger charge is 2.20. The zero-order valence-electron chi connectivity index (χ0n) is 11.6. The first kappa shape index (κ1) is 13.1. The van der Waals surface area contributed by atoms with Crippen molar-refractivity contribution in [1.29, 1.82) is 0 Å². The Morgan fingerprint density at radius 2 is 2.45 bits per heavy atom. The van der Waals surface area contributed by atoms with E-state index in [1.807, 2.05) is 25.1 Å². The standard InChI is InChI=1S/C14H19N5O/c1-11-8-13(20-18-11)9-15-12-4-3-7-19(10-12)14-5-2-6-16-17-14/h2,5-6,8,12,15H,3-4,7,9-10H2,1H3. The van der Waals surface area contributed by atoms with Gasteiger partial charge in [-0.05, 0) is 31.9 Å². The Hall–Kier alpha value is -1.95. The van der Waals surface area contributed by atoms with Crippen LogP contribution < -0.4 is 10.2 Å². The first-order chi connectivity index (χ1) is 9.81. The number of aryl methyl sites for hydroxylation is 1. The smallest absolute Gasteiger partial charge is 0.151 e. The van der Waals surface area contributed by atoms with E-state index in [1.165, 1.54) is 6.42 Å². The van der Waals surface area contributed by atoms with E-state index in [1.54, 1.807) is 6.20 Å². The van der Waals surface area contributed by atoms with Gasteiger partial charge in [0, 0.05) is 31.4 Å². The Kier molecular flexibility index (Phi) is 3.92. The van der Waals surface area contributed by atoms with Crippen molar-refractivity contribution in [3.63, 3.8) is 0 Å². The summed E-state index contributed by atoms with van der Waals surface area (Å²) in [5, 5.41) is 15.6. The molecule has 1 N–H and O–H groups in total. The fourth-order valence-electron chi connectivity index (χ4n) is 2.56. The van der Waals surface area contributed by atoms with E-state index in [9.17, 15) is 0 Å². The van der Waals surface area contributed by atoms with E-state index in [-0.39, 0.29) is 0 Å². The molecule has 1 aliphatic heterocycles. The van der Waals surface area contributed by atoms with E-state index < -0.39 is 0 Å². The van der Waals surface area contributed by atoms with Crippen molar-refractivity contribution in [3.8, 4) is 0 Å². The summed E-state index contributed by atoms with van der Waals surface area (Å²) in [5.41, 5.74) is 0.923. The number of piperidine rings is 1. The summed E-state index contributed by atoms with van der Waals surface area (Å²) < 4.78 is 5.22. The van der Waals surface area contributed by atoms with Crippen LogP contribution in [0.15, 0.2) is 28.9 Å². The van der Waals surface area contributed by atoms with E-state index in [4.69, 9.17) is 4.52 Å². The van der Waals surface area contributed by atoms with Gasteiger partial charge in [-0.1, -0.05) is 5.16 Å². The monoisotopic (exact) mass is 273 g/mol. The zero-order chi connectivity index (χ0) is 13.8. The second-order valence-corrected chi connectivity index (χ2v) is 5.18. The number of anilines is 1. The van der Waals surface area contributed by atoms with Crippen LogP contribution in [0.1, 0.15) is 24.3 Å². The molecule has 2 aromatic heterocycles. The fraction of sp³-hybridized carbons (Fsp3) is 0.500. The van der Waals surface area contributed by atoms with Gasteiger partial charge in [0.05, 0.1) is 12.2 Å².